The van der Waals surface area contributed by atoms with Crippen molar-refractivity contribution in [3.8, 4) is 0 Å². The fraction of sp³-hybridized carbons (Fsp3) is 0.471. The zero-order valence-electron chi connectivity index (χ0n) is 12.3. The van der Waals surface area contributed by atoms with Crippen molar-refractivity contribution in [3.63, 3.8) is 0 Å². The average Bonchev–Trinajstić information content (AvgIpc) is 3.01. The van der Waals surface area contributed by atoms with Crippen LogP contribution in [0.25, 0.3) is 0 Å². The third kappa shape index (κ3) is 3.64. The van der Waals surface area contributed by atoms with Crippen LogP contribution in [-0.4, -0.2) is 32.2 Å². The molecule has 1 saturated heterocycles. The van der Waals surface area contributed by atoms with E-state index in [1.165, 1.54) is 0 Å². The minimum Gasteiger partial charge on any atom is -0.378 e. The van der Waals surface area contributed by atoms with Crippen molar-refractivity contribution < 1.29 is 9.53 Å². The van der Waals surface area contributed by atoms with Gasteiger partial charge in [0.2, 0.25) is 5.91 Å². The smallest absolute Gasteiger partial charge is 0.225 e. The van der Waals surface area contributed by atoms with Crippen LogP contribution in [0.15, 0.2) is 36.4 Å². The van der Waals surface area contributed by atoms with E-state index in [2.05, 4.69) is 28.4 Å². The summed E-state index contributed by atoms with van der Waals surface area (Å²) in [4.78, 5) is 14.5. The minimum absolute atomic E-state index is 0.104. The van der Waals surface area contributed by atoms with E-state index in [9.17, 15) is 4.79 Å². The quantitative estimate of drug-likeness (QED) is 0.865. The second-order valence-electron chi connectivity index (χ2n) is 5.63. The van der Waals surface area contributed by atoms with Gasteiger partial charge in [0.25, 0.3) is 0 Å². The number of nitrogens with one attached hydrogen (secondary N) is 1. The number of anilines is 2. The Morgan fingerprint density at radius 3 is 2.86 bits per heavy atom. The number of hydrogen-bond acceptors (Lipinski definition) is 3. The van der Waals surface area contributed by atoms with E-state index in [0.717, 1.165) is 50.5 Å². The van der Waals surface area contributed by atoms with Crippen molar-refractivity contribution >= 4 is 17.3 Å². The van der Waals surface area contributed by atoms with E-state index in [4.69, 9.17) is 4.74 Å². The Hall–Kier alpha value is -1.81. The molecule has 1 aliphatic heterocycles. The first-order valence-corrected chi connectivity index (χ1v) is 7.71. The molecule has 2 aliphatic rings. The van der Waals surface area contributed by atoms with Gasteiger partial charge in [-0.25, -0.2) is 0 Å². The number of benzene rings is 1. The maximum atomic E-state index is 12.2. The average molecular weight is 286 g/mol. The van der Waals surface area contributed by atoms with Gasteiger partial charge in [-0.2, -0.15) is 0 Å². The fourth-order valence-corrected chi connectivity index (χ4v) is 2.96. The van der Waals surface area contributed by atoms with Crippen molar-refractivity contribution in [1.82, 2.24) is 0 Å². The second-order valence-corrected chi connectivity index (χ2v) is 5.63. The number of allylic oxidation sites excluding steroid dienone is 2. The first-order valence-electron chi connectivity index (χ1n) is 7.71. The molecule has 21 heavy (non-hydrogen) atoms. The largest absolute Gasteiger partial charge is 0.378 e. The minimum atomic E-state index is 0.104. The molecule has 1 aliphatic carbocycles. The zero-order valence-corrected chi connectivity index (χ0v) is 12.3. The van der Waals surface area contributed by atoms with E-state index >= 15 is 0 Å². The third-order valence-corrected chi connectivity index (χ3v) is 4.09. The van der Waals surface area contributed by atoms with Gasteiger partial charge in [0, 0.05) is 19.5 Å². The SMILES string of the molecule is O=C(CC1C=CCC1)Nc1ccccc1N1CCOCC1. The highest BCUT2D eigenvalue weighted by atomic mass is 16.5. The van der Waals surface area contributed by atoms with Crippen LogP contribution in [0.1, 0.15) is 19.3 Å². The molecule has 1 fully saturated rings. The van der Waals surface area contributed by atoms with Gasteiger partial charge in [0.15, 0.2) is 0 Å². The van der Waals surface area contributed by atoms with E-state index in [1.807, 2.05) is 18.2 Å². The van der Waals surface area contributed by atoms with Crippen molar-refractivity contribution in [2.24, 2.45) is 5.92 Å². The molecule has 4 heteroatoms. The molecule has 1 amide bonds. The maximum Gasteiger partial charge on any atom is 0.225 e. The standard InChI is InChI=1S/C17H22N2O2/c20-17(13-14-5-1-2-6-14)18-15-7-3-4-8-16(15)19-9-11-21-12-10-19/h1,3-5,7-8,14H,2,6,9-13H2,(H,18,20). The summed E-state index contributed by atoms with van der Waals surface area (Å²) < 4.78 is 5.39. The summed E-state index contributed by atoms with van der Waals surface area (Å²) >= 11 is 0. The van der Waals surface area contributed by atoms with Crippen LogP contribution in [0, 0.1) is 5.92 Å². The highest BCUT2D eigenvalue weighted by molar-refractivity contribution is 5.94. The summed E-state index contributed by atoms with van der Waals surface area (Å²) in [7, 11) is 0. The number of para-hydroxylation sites is 2. The van der Waals surface area contributed by atoms with Crippen molar-refractivity contribution in [1.29, 1.82) is 0 Å². The Morgan fingerprint density at radius 2 is 2.10 bits per heavy atom. The summed E-state index contributed by atoms with van der Waals surface area (Å²) in [5.41, 5.74) is 2.00. The first kappa shape index (κ1) is 14.1. The van der Waals surface area contributed by atoms with Gasteiger partial charge >= 0.3 is 0 Å². The molecule has 3 rings (SSSR count). The van der Waals surface area contributed by atoms with Gasteiger partial charge in [-0.15, -0.1) is 0 Å². The molecule has 1 heterocycles. The lowest BCUT2D eigenvalue weighted by Gasteiger charge is -2.30. The summed E-state index contributed by atoms with van der Waals surface area (Å²) in [6.07, 6.45) is 7.10. The highest BCUT2D eigenvalue weighted by Gasteiger charge is 2.18. The molecule has 0 spiro atoms. The van der Waals surface area contributed by atoms with Gasteiger partial charge in [0.05, 0.1) is 24.6 Å². The molecule has 1 aromatic carbocycles. The number of rotatable bonds is 4. The number of morpholine rings is 1. The number of amides is 1. The van der Waals surface area contributed by atoms with Crippen LogP contribution in [0.2, 0.25) is 0 Å². The Kier molecular flexibility index (Phi) is 4.55. The van der Waals surface area contributed by atoms with Crippen LogP contribution in [-0.2, 0) is 9.53 Å². The lowest BCUT2D eigenvalue weighted by Crippen LogP contribution is -2.36. The number of nitrogens with zero attached hydrogens (tertiary/aromatic N) is 1. The summed E-state index contributed by atoms with van der Waals surface area (Å²) in [5, 5.41) is 3.08. The van der Waals surface area contributed by atoms with Crippen LogP contribution in [0.4, 0.5) is 11.4 Å². The summed E-state index contributed by atoms with van der Waals surface area (Å²) in [6.45, 7) is 3.24. The number of carbonyl (C=O) groups is 1. The van der Waals surface area contributed by atoms with E-state index in [-0.39, 0.29) is 5.91 Å². The monoisotopic (exact) mass is 286 g/mol. The molecule has 1 atom stereocenters. The Labute approximate surface area is 125 Å². The second kappa shape index (κ2) is 6.76. The molecule has 1 aromatic rings. The summed E-state index contributed by atoms with van der Waals surface area (Å²) in [5.74, 6) is 0.507. The predicted molar refractivity (Wildman–Crippen MR) is 84.6 cm³/mol. The fourth-order valence-electron chi connectivity index (χ4n) is 2.96. The number of ether oxygens (including phenoxy) is 1. The predicted octanol–water partition coefficient (Wildman–Crippen LogP) is 2.82. The zero-order chi connectivity index (χ0) is 14.5. The van der Waals surface area contributed by atoms with Crippen LogP contribution in [0.5, 0.6) is 0 Å². The molecule has 0 aromatic heterocycles. The molecule has 0 radical (unpaired) electrons. The van der Waals surface area contributed by atoms with Crippen molar-refractivity contribution in [3.05, 3.63) is 36.4 Å². The molecule has 1 unspecified atom stereocenters. The van der Waals surface area contributed by atoms with Crippen LogP contribution in [0.3, 0.4) is 0 Å². The van der Waals surface area contributed by atoms with Crippen molar-refractivity contribution in [2.75, 3.05) is 36.5 Å². The summed E-state index contributed by atoms with van der Waals surface area (Å²) in [6, 6.07) is 8.03. The van der Waals surface area contributed by atoms with Gasteiger partial charge in [-0.05, 0) is 30.9 Å². The molecule has 112 valence electrons. The number of carbonyl (C=O) groups excluding carboxylic acids is 1. The van der Waals surface area contributed by atoms with Gasteiger partial charge in [-0.1, -0.05) is 24.3 Å². The molecule has 0 bridgehead atoms. The molecule has 1 N–H and O–H groups in total. The van der Waals surface area contributed by atoms with Crippen LogP contribution >= 0.6 is 0 Å². The molecule has 4 nitrogen and oxygen atoms in total. The molecular weight excluding hydrogens is 264 g/mol. The third-order valence-electron chi connectivity index (χ3n) is 4.09. The molecule has 0 saturated carbocycles. The highest BCUT2D eigenvalue weighted by Crippen LogP contribution is 2.27. The van der Waals surface area contributed by atoms with E-state index < -0.39 is 0 Å². The van der Waals surface area contributed by atoms with Gasteiger partial charge < -0.3 is 15.0 Å². The topological polar surface area (TPSA) is 41.6 Å². The van der Waals surface area contributed by atoms with Gasteiger partial charge in [-0.3, -0.25) is 4.79 Å². The van der Waals surface area contributed by atoms with E-state index in [0.29, 0.717) is 12.3 Å². The van der Waals surface area contributed by atoms with Gasteiger partial charge in [0.1, 0.15) is 0 Å². The van der Waals surface area contributed by atoms with Crippen LogP contribution < -0.4 is 10.2 Å². The normalized spacial score (nSPS) is 21.5. The Morgan fingerprint density at radius 1 is 1.29 bits per heavy atom. The molecular formula is C17H22N2O2. The first-order chi connectivity index (χ1) is 10.3. The lowest BCUT2D eigenvalue weighted by molar-refractivity contribution is -0.116. The van der Waals surface area contributed by atoms with Crippen molar-refractivity contribution in [2.45, 2.75) is 19.3 Å². The Bertz CT molecular complexity index is 521. The van der Waals surface area contributed by atoms with E-state index in [1.54, 1.807) is 0 Å². The maximum absolute atomic E-state index is 12.2. The Balaban J connectivity index is 1.66. The lowest BCUT2D eigenvalue weighted by atomic mass is 10.0. The number of hydrogen-bond donors (Lipinski definition) is 1.